The number of amides is 2. The Labute approximate surface area is 213 Å². The minimum absolute atomic E-state index is 0.157. The molecule has 0 bridgehead atoms. The molecule has 1 aromatic heterocycles. The summed E-state index contributed by atoms with van der Waals surface area (Å²) in [5, 5.41) is 16.7. The summed E-state index contributed by atoms with van der Waals surface area (Å²) in [7, 11) is 0. The van der Waals surface area contributed by atoms with Gasteiger partial charge in [-0.25, -0.2) is 9.97 Å². The average Bonchev–Trinajstić information content (AvgIpc) is 2.87. The zero-order chi connectivity index (χ0) is 25.7. The van der Waals surface area contributed by atoms with Crippen molar-refractivity contribution in [1.29, 1.82) is 0 Å². The van der Waals surface area contributed by atoms with Gasteiger partial charge in [0.2, 0.25) is 5.91 Å². The molecule has 9 nitrogen and oxygen atoms in total. The molecule has 2 aliphatic heterocycles. The van der Waals surface area contributed by atoms with Crippen molar-refractivity contribution in [2.24, 2.45) is 5.41 Å². The number of aliphatic hydroxyl groups excluding tert-OH is 1. The summed E-state index contributed by atoms with van der Waals surface area (Å²) in [6.07, 6.45) is 3.32. The van der Waals surface area contributed by atoms with Gasteiger partial charge in [0.1, 0.15) is 17.8 Å². The fourth-order valence-corrected chi connectivity index (χ4v) is 4.84. The van der Waals surface area contributed by atoms with Crippen LogP contribution in [0.15, 0.2) is 36.7 Å². The first kappa shape index (κ1) is 26.0. The van der Waals surface area contributed by atoms with Crippen LogP contribution >= 0.6 is 0 Å². The fraction of sp³-hybridized carbons (Fsp3) is 0.556. The van der Waals surface area contributed by atoms with E-state index in [-0.39, 0.29) is 35.5 Å². The fourth-order valence-electron chi connectivity index (χ4n) is 4.84. The van der Waals surface area contributed by atoms with Crippen LogP contribution in [0.1, 0.15) is 55.2 Å². The van der Waals surface area contributed by atoms with Crippen LogP contribution in [-0.4, -0.2) is 81.6 Å². The SMILES string of the molecule is CC(C)(C)C(=O)N1CCC(Nc2cc(C(=O)NC[C@H](O)CN3CCc4ccccc4C3)ncn2)CC1. The quantitative estimate of drug-likeness (QED) is 0.540. The third-order valence-electron chi connectivity index (χ3n) is 6.85. The topological polar surface area (TPSA) is 111 Å². The molecule has 1 aromatic carbocycles. The molecule has 4 rings (SSSR count). The van der Waals surface area contributed by atoms with E-state index < -0.39 is 6.10 Å². The predicted molar refractivity (Wildman–Crippen MR) is 138 cm³/mol. The van der Waals surface area contributed by atoms with Crippen molar-refractivity contribution in [2.45, 2.75) is 58.7 Å². The zero-order valence-corrected chi connectivity index (χ0v) is 21.5. The highest BCUT2D eigenvalue weighted by atomic mass is 16.3. The molecule has 3 N–H and O–H groups in total. The number of nitrogens with one attached hydrogen (secondary N) is 2. The molecular formula is C27H38N6O3. The lowest BCUT2D eigenvalue weighted by atomic mass is 9.93. The summed E-state index contributed by atoms with van der Waals surface area (Å²) in [4.78, 5) is 37.7. The van der Waals surface area contributed by atoms with Crippen LogP contribution < -0.4 is 10.6 Å². The number of rotatable bonds is 7. The van der Waals surface area contributed by atoms with E-state index in [1.807, 2.05) is 31.7 Å². The van der Waals surface area contributed by atoms with Crippen molar-refractivity contribution in [3.63, 3.8) is 0 Å². The van der Waals surface area contributed by atoms with Crippen LogP contribution in [0, 0.1) is 5.41 Å². The van der Waals surface area contributed by atoms with Gasteiger partial charge in [-0.1, -0.05) is 45.0 Å². The summed E-state index contributed by atoms with van der Waals surface area (Å²) in [5.74, 6) is 0.423. The van der Waals surface area contributed by atoms with E-state index in [1.54, 1.807) is 6.07 Å². The lowest BCUT2D eigenvalue weighted by Crippen LogP contribution is -2.46. The molecule has 194 valence electrons. The third kappa shape index (κ3) is 6.79. The van der Waals surface area contributed by atoms with Gasteiger partial charge in [-0.2, -0.15) is 0 Å². The highest BCUT2D eigenvalue weighted by Crippen LogP contribution is 2.22. The van der Waals surface area contributed by atoms with Crippen molar-refractivity contribution in [2.75, 3.05) is 38.0 Å². The largest absolute Gasteiger partial charge is 0.390 e. The number of hydrogen-bond acceptors (Lipinski definition) is 7. The molecule has 1 saturated heterocycles. The zero-order valence-electron chi connectivity index (χ0n) is 21.5. The van der Waals surface area contributed by atoms with E-state index in [2.05, 4.69) is 43.7 Å². The number of fused-ring (bicyclic) bond motifs is 1. The number of piperidine rings is 1. The van der Waals surface area contributed by atoms with E-state index in [0.29, 0.717) is 25.5 Å². The maximum absolute atomic E-state index is 12.7. The normalized spacial score (nSPS) is 17.8. The number of aromatic nitrogens is 2. The van der Waals surface area contributed by atoms with E-state index >= 15 is 0 Å². The Morgan fingerprint density at radius 1 is 1.11 bits per heavy atom. The number of hydrogen-bond donors (Lipinski definition) is 3. The van der Waals surface area contributed by atoms with Gasteiger partial charge < -0.3 is 20.6 Å². The molecule has 0 spiro atoms. The molecule has 0 aliphatic carbocycles. The summed E-state index contributed by atoms with van der Waals surface area (Å²) >= 11 is 0. The van der Waals surface area contributed by atoms with E-state index in [1.165, 1.54) is 17.5 Å². The molecule has 2 amide bonds. The van der Waals surface area contributed by atoms with E-state index in [9.17, 15) is 14.7 Å². The summed E-state index contributed by atoms with van der Waals surface area (Å²) in [6, 6.07) is 10.2. The third-order valence-corrected chi connectivity index (χ3v) is 6.85. The number of carbonyl (C=O) groups is 2. The highest BCUT2D eigenvalue weighted by molar-refractivity contribution is 5.92. The van der Waals surface area contributed by atoms with Crippen molar-refractivity contribution < 1.29 is 14.7 Å². The first-order valence-electron chi connectivity index (χ1n) is 12.8. The molecule has 2 aromatic rings. The van der Waals surface area contributed by atoms with E-state index in [4.69, 9.17) is 0 Å². The van der Waals surface area contributed by atoms with Gasteiger partial charge in [0.25, 0.3) is 5.91 Å². The maximum Gasteiger partial charge on any atom is 0.270 e. The van der Waals surface area contributed by atoms with Crippen molar-refractivity contribution in [3.05, 3.63) is 53.5 Å². The molecule has 2 aliphatic rings. The van der Waals surface area contributed by atoms with Gasteiger partial charge in [-0.05, 0) is 30.4 Å². The second-order valence-corrected chi connectivity index (χ2v) is 10.9. The van der Waals surface area contributed by atoms with Crippen LogP contribution in [0.3, 0.4) is 0 Å². The van der Waals surface area contributed by atoms with Gasteiger partial charge in [0.15, 0.2) is 0 Å². The number of likely N-dealkylation sites (tertiary alicyclic amines) is 1. The number of carbonyl (C=O) groups excluding carboxylic acids is 2. The number of nitrogens with zero attached hydrogens (tertiary/aromatic N) is 4. The minimum atomic E-state index is -0.667. The Balaban J connectivity index is 1.22. The number of aliphatic hydroxyl groups is 1. The standard InChI is InChI=1S/C27H38N6O3/c1-27(2,3)26(36)33-12-9-21(10-13-33)31-24-14-23(29-18-30-24)25(35)28-15-22(34)17-32-11-8-19-6-4-5-7-20(19)16-32/h4-7,14,18,21-22,34H,8-13,15-17H2,1-3H3,(H,28,35)(H,29,30,31)/t22-/m0/s1. The Kier molecular flexibility index (Phi) is 8.21. The molecule has 0 saturated carbocycles. The molecule has 0 unspecified atom stereocenters. The molecule has 0 radical (unpaired) electrons. The van der Waals surface area contributed by atoms with Crippen molar-refractivity contribution in [1.82, 2.24) is 25.1 Å². The second kappa shape index (κ2) is 11.3. The van der Waals surface area contributed by atoms with Gasteiger partial charge >= 0.3 is 0 Å². The van der Waals surface area contributed by atoms with Gasteiger partial charge in [-0.3, -0.25) is 14.5 Å². The van der Waals surface area contributed by atoms with Gasteiger partial charge in [0, 0.05) is 56.8 Å². The maximum atomic E-state index is 12.7. The van der Waals surface area contributed by atoms with Crippen molar-refractivity contribution >= 4 is 17.6 Å². The number of β-amino-alcohol motifs (C(OH)–C–C–N with tert-alkyl or cyclic N) is 1. The van der Waals surface area contributed by atoms with Crippen LogP contribution in [0.4, 0.5) is 5.82 Å². The first-order chi connectivity index (χ1) is 17.2. The van der Waals surface area contributed by atoms with Gasteiger partial charge in [-0.15, -0.1) is 0 Å². The number of anilines is 1. The molecule has 3 heterocycles. The second-order valence-electron chi connectivity index (χ2n) is 10.9. The molecule has 1 fully saturated rings. The summed E-state index contributed by atoms with van der Waals surface area (Å²) < 4.78 is 0. The monoisotopic (exact) mass is 494 g/mol. The Bertz CT molecular complexity index is 1060. The van der Waals surface area contributed by atoms with E-state index in [0.717, 1.165) is 32.4 Å². The Hall–Kier alpha value is -3.04. The average molecular weight is 495 g/mol. The van der Waals surface area contributed by atoms with Gasteiger partial charge in [0.05, 0.1) is 6.10 Å². The summed E-state index contributed by atoms with van der Waals surface area (Å²) in [5.41, 5.74) is 2.55. The molecule has 1 atom stereocenters. The molecular weight excluding hydrogens is 456 g/mol. The van der Waals surface area contributed by atoms with Crippen LogP contribution in [0.5, 0.6) is 0 Å². The van der Waals surface area contributed by atoms with Crippen LogP contribution in [0.25, 0.3) is 0 Å². The number of benzene rings is 1. The minimum Gasteiger partial charge on any atom is -0.390 e. The first-order valence-corrected chi connectivity index (χ1v) is 12.8. The van der Waals surface area contributed by atoms with Crippen LogP contribution in [-0.2, 0) is 17.8 Å². The van der Waals surface area contributed by atoms with Crippen LogP contribution in [0.2, 0.25) is 0 Å². The summed E-state index contributed by atoms with van der Waals surface area (Å²) in [6.45, 7) is 9.60. The highest BCUT2D eigenvalue weighted by Gasteiger charge is 2.30. The Morgan fingerprint density at radius 2 is 1.83 bits per heavy atom. The molecule has 9 heteroatoms. The lowest BCUT2D eigenvalue weighted by molar-refractivity contribution is -0.140. The smallest absolute Gasteiger partial charge is 0.270 e. The molecule has 36 heavy (non-hydrogen) atoms. The predicted octanol–water partition coefficient (Wildman–Crippen LogP) is 2.07. The lowest BCUT2D eigenvalue weighted by Gasteiger charge is -2.36. The van der Waals surface area contributed by atoms with Crippen molar-refractivity contribution in [3.8, 4) is 0 Å². The Morgan fingerprint density at radius 3 is 2.56 bits per heavy atom.